The van der Waals surface area contributed by atoms with Crippen molar-refractivity contribution < 1.29 is 0 Å². The van der Waals surface area contributed by atoms with Crippen LogP contribution in [0.5, 0.6) is 0 Å². The van der Waals surface area contributed by atoms with Gasteiger partial charge in [0.2, 0.25) is 0 Å². The van der Waals surface area contributed by atoms with Gasteiger partial charge in [-0.15, -0.1) is 0 Å². The molecule has 0 aliphatic heterocycles. The molecule has 5 rings (SSSR count). The lowest BCUT2D eigenvalue weighted by atomic mass is 9.09. The van der Waals surface area contributed by atoms with Crippen LogP contribution >= 0.6 is 0 Å². The molecule has 7 unspecified atom stereocenters. The molecule has 0 amide bonds. The van der Waals surface area contributed by atoms with Crippen molar-refractivity contribution in [2.45, 2.75) is 39.0 Å². The summed E-state index contributed by atoms with van der Waals surface area (Å²) in [6.07, 6.45) is 8.12. The summed E-state index contributed by atoms with van der Waals surface area (Å²) in [6.45, 7) is 2.56. The maximum Gasteiger partial charge on any atom is -0.0150 e. The van der Waals surface area contributed by atoms with Crippen molar-refractivity contribution in [2.75, 3.05) is 0 Å². The Balaban J connectivity index is 1.68. The monoisotopic (exact) mass is 174 g/mol. The Bertz CT molecular complexity index is 314. The minimum atomic E-state index is 0.971. The highest BCUT2D eigenvalue weighted by Crippen LogP contribution is 2.96. The van der Waals surface area contributed by atoms with Gasteiger partial charge >= 0.3 is 0 Å². The van der Waals surface area contributed by atoms with Crippen LogP contribution < -0.4 is 0 Å². The number of hydrogen-bond acceptors (Lipinski definition) is 0. The molecule has 0 saturated heterocycles. The van der Waals surface area contributed by atoms with Crippen LogP contribution in [0.1, 0.15) is 39.0 Å². The van der Waals surface area contributed by atoms with Gasteiger partial charge < -0.3 is 0 Å². The molecule has 0 heterocycles. The molecule has 7 atom stereocenters. The van der Waals surface area contributed by atoms with E-state index in [2.05, 4.69) is 6.92 Å². The molecule has 5 fully saturated rings. The van der Waals surface area contributed by atoms with E-state index in [1.807, 2.05) is 0 Å². The third kappa shape index (κ3) is 0.322. The number of hydrogen-bond donors (Lipinski definition) is 0. The minimum absolute atomic E-state index is 0.971. The first-order chi connectivity index (χ1) is 6.32. The molecule has 70 valence electrons. The van der Waals surface area contributed by atoms with E-state index in [0.717, 1.165) is 16.7 Å². The zero-order chi connectivity index (χ0) is 8.42. The zero-order valence-corrected chi connectivity index (χ0v) is 8.42. The van der Waals surface area contributed by atoms with Crippen LogP contribution in [0.15, 0.2) is 0 Å². The summed E-state index contributed by atoms with van der Waals surface area (Å²) in [4.78, 5) is 0. The summed E-state index contributed by atoms with van der Waals surface area (Å²) in [6, 6.07) is 0. The van der Waals surface area contributed by atoms with Crippen molar-refractivity contribution in [1.82, 2.24) is 0 Å². The summed E-state index contributed by atoms with van der Waals surface area (Å²) >= 11 is 0. The quantitative estimate of drug-likeness (QED) is 0.529. The van der Waals surface area contributed by atoms with Crippen LogP contribution in [0.3, 0.4) is 0 Å². The Morgan fingerprint density at radius 2 is 1.85 bits per heavy atom. The fraction of sp³-hybridized carbons (Fsp3) is 1.00. The van der Waals surface area contributed by atoms with Crippen LogP contribution in [0.4, 0.5) is 0 Å². The van der Waals surface area contributed by atoms with Gasteiger partial charge in [-0.2, -0.15) is 0 Å². The molecule has 5 aliphatic rings. The molecule has 13 heavy (non-hydrogen) atoms. The predicted molar refractivity (Wildman–Crippen MR) is 51.1 cm³/mol. The van der Waals surface area contributed by atoms with E-state index in [0.29, 0.717) is 0 Å². The summed E-state index contributed by atoms with van der Waals surface area (Å²) < 4.78 is 0. The van der Waals surface area contributed by atoms with E-state index >= 15 is 0 Å². The van der Waals surface area contributed by atoms with Crippen LogP contribution in [-0.4, -0.2) is 0 Å². The largest absolute Gasteiger partial charge is 0.0619 e. The third-order valence-electron chi connectivity index (χ3n) is 7.41. The van der Waals surface area contributed by atoms with Gasteiger partial charge in [-0.05, 0) is 72.5 Å². The first-order valence-corrected chi connectivity index (χ1v) is 6.32. The molecule has 0 aromatic carbocycles. The molecular formula is C13H18. The number of fused-ring (bicyclic) bond motifs is 1. The molecule has 0 nitrogen and oxygen atoms in total. The minimum Gasteiger partial charge on any atom is -0.0619 e. The molecule has 5 aliphatic carbocycles. The Labute approximate surface area is 80.1 Å². The summed E-state index contributed by atoms with van der Waals surface area (Å²) in [5, 5.41) is 0. The molecule has 5 saturated carbocycles. The van der Waals surface area contributed by atoms with E-state index in [1.54, 1.807) is 32.1 Å². The second-order valence-electron chi connectivity index (χ2n) is 6.73. The average molecular weight is 174 g/mol. The van der Waals surface area contributed by atoms with Gasteiger partial charge in [0.05, 0.1) is 0 Å². The topological polar surface area (TPSA) is 0 Å². The maximum atomic E-state index is 2.56. The van der Waals surface area contributed by atoms with E-state index < -0.39 is 0 Å². The van der Waals surface area contributed by atoms with Gasteiger partial charge in [-0.1, -0.05) is 6.92 Å². The average Bonchev–Trinajstić information content (AvgIpc) is 2.06. The van der Waals surface area contributed by atoms with Gasteiger partial charge in [0.1, 0.15) is 0 Å². The molecule has 0 N–H and O–H groups in total. The summed E-state index contributed by atoms with van der Waals surface area (Å²) in [5.41, 5.74) is 1.96. The first kappa shape index (κ1) is 6.48. The maximum absolute atomic E-state index is 2.56. The third-order valence-corrected chi connectivity index (χ3v) is 7.41. The Kier molecular flexibility index (Phi) is 0.707. The molecule has 0 aromatic heterocycles. The lowest BCUT2D eigenvalue weighted by Gasteiger charge is -2.95. The second kappa shape index (κ2) is 1.42. The van der Waals surface area contributed by atoms with Crippen LogP contribution in [0.2, 0.25) is 0 Å². The fourth-order valence-electron chi connectivity index (χ4n) is 7.19. The van der Waals surface area contributed by atoms with Gasteiger partial charge in [0, 0.05) is 0 Å². The first-order valence-electron chi connectivity index (χ1n) is 6.32. The normalized spacial score (nSPS) is 80.5. The lowest BCUT2D eigenvalue weighted by Crippen LogP contribution is -2.89. The molecule has 0 bridgehead atoms. The second-order valence-corrected chi connectivity index (χ2v) is 6.73. The van der Waals surface area contributed by atoms with Crippen molar-refractivity contribution >= 4 is 0 Å². The zero-order valence-electron chi connectivity index (χ0n) is 8.42. The molecule has 0 heteroatoms. The number of rotatable bonds is 0. The lowest BCUT2D eigenvalue weighted by molar-refractivity contribution is -0.475. The molecule has 2 spiro atoms. The van der Waals surface area contributed by atoms with Gasteiger partial charge in [0.15, 0.2) is 0 Å². The smallest absolute Gasteiger partial charge is 0.0150 e. The highest BCUT2D eigenvalue weighted by atomic mass is 14.9. The SMILES string of the molecule is CC1CC2CC3C4CC5CCC54C123. The Morgan fingerprint density at radius 1 is 1.00 bits per heavy atom. The van der Waals surface area contributed by atoms with Crippen molar-refractivity contribution in [3.63, 3.8) is 0 Å². The van der Waals surface area contributed by atoms with Crippen LogP contribution in [-0.2, 0) is 0 Å². The standard InChI is InChI=1S/C13H18/c1-7-4-9-6-11-10-5-8-2-3-12(8,10)13(7,9)11/h7-11H,2-6H2,1H3. The highest BCUT2D eigenvalue weighted by Gasteiger charge is 2.90. The van der Waals surface area contributed by atoms with Crippen molar-refractivity contribution in [2.24, 2.45) is 40.4 Å². The van der Waals surface area contributed by atoms with E-state index in [-0.39, 0.29) is 0 Å². The van der Waals surface area contributed by atoms with E-state index in [4.69, 9.17) is 0 Å². The summed E-state index contributed by atoms with van der Waals surface area (Å²) in [7, 11) is 0. The van der Waals surface area contributed by atoms with E-state index in [1.165, 1.54) is 23.7 Å². The molecular weight excluding hydrogens is 156 g/mol. The predicted octanol–water partition coefficient (Wildman–Crippen LogP) is 3.08. The summed E-state index contributed by atoms with van der Waals surface area (Å²) in [5.74, 6) is 6.03. The van der Waals surface area contributed by atoms with Crippen LogP contribution in [0.25, 0.3) is 0 Å². The van der Waals surface area contributed by atoms with Crippen molar-refractivity contribution in [1.29, 1.82) is 0 Å². The highest BCUT2D eigenvalue weighted by molar-refractivity contribution is 5.38. The Morgan fingerprint density at radius 3 is 2.31 bits per heavy atom. The van der Waals surface area contributed by atoms with Crippen LogP contribution in [0, 0.1) is 40.4 Å². The Hall–Kier alpha value is 0. The molecule has 0 aromatic rings. The van der Waals surface area contributed by atoms with Crippen molar-refractivity contribution in [3.05, 3.63) is 0 Å². The van der Waals surface area contributed by atoms with E-state index in [9.17, 15) is 0 Å². The van der Waals surface area contributed by atoms with Gasteiger partial charge in [0.25, 0.3) is 0 Å². The van der Waals surface area contributed by atoms with Gasteiger partial charge in [-0.3, -0.25) is 0 Å². The van der Waals surface area contributed by atoms with Gasteiger partial charge in [-0.25, -0.2) is 0 Å². The fourth-order valence-corrected chi connectivity index (χ4v) is 7.19. The molecule has 0 radical (unpaired) electrons. The van der Waals surface area contributed by atoms with Crippen molar-refractivity contribution in [3.8, 4) is 0 Å².